The first-order chi connectivity index (χ1) is 26.7. The van der Waals surface area contributed by atoms with Crippen molar-refractivity contribution in [2.24, 2.45) is 0 Å². The number of aromatic nitrogens is 2. The molecule has 0 saturated heterocycles. The topological polar surface area (TPSA) is 59.9 Å². The van der Waals surface area contributed by atoms with Crippen molar-refractivity contribution in [2.45, 2.75) is 0 Å². The minimum atomic E-state index is 0.611. The highest BCUT2D eigenvalue weighted by Crippen LogP contribution is 2.41. The monoisotopic (exact) mass is 689 g/mol. The summed E-state index contributed by atoms with van der Waals surface area (Å²) in [6.07, 6.45) is 0. The molecule has 0 bridgehead atoms. The number of nitrogens with zero attached hydrogens (tertiary/aromatic N) is 3. The Labute approximate surface area is 307 Å². The molecule has 12 rings (SSSR count). The van der Waals surface area contributed by atoms with Crippen molar-refractivity contribution in [1.29, 1.82) is 5.26 Å². The van der Waals surface area contributed by atoms with E-state index in [0.717, 1.165) is 99.2 Å². The standard InChI is InChI=1S/C49H27N3O2/c50-28-30-23-32(52-43-14-6-2-10-35(43)39-25-41-37-12-4-8-16-47(37)54-49(41)27-45(39)52)21-22-33(30)29-17-19-31(20-18-29)51-42-13-5-1-9-34(42)38-24-40-36-11-3-7-15-46(36)53-48(40)26-44(38)51/h1-27H. The van der Waals surface area contributed by atoms with E-state index in [2.05, 4.69) is 143 Å². The largest absolute Gasteiger partial charge is 0.456 e. The molecule has 0 aliphatic heterocycles. The Morgan fingerprint density at radius 2 is 0.852 bits per heavy atom. The van der Waals surface area contributed by atoms with E-state index in [4.69, 9.17) is 8.83 Å². The summed E-state index contributed by atoms with van der Waals surface area (Å²) in [6.45, 7) is 0. The molecular weight excluding hydrogens is 663 g/mol. The van der Waals surface area contributed by atoms with Crippen LogP contribution in [0, 0.1) is 11.3 Å². The molecule has 0 unspecified atom stereocenters. The molecule has 0 aliphatic rings. The molecule has 0 atom stereocenters. The molecule has 0 amide bonds. The smallest absolute Gasteiger partial charge is 0.137 e. The van der Waals surface area contributed by atoms with Gasteiger partial charge in [-0.1, -0.05) is 91.0 Å². The van der Waals surface area contributed by atoms with Gasteiger partial charge in [-0.15, -0.1) is 0 Å². The molecule has 5 heteroatoms. The average Bonchev–Trinajstić information content (AvgIpc) is 3.96. The van der Waals surface area contributed by atoms with Crippen LogP contribution in [-0.2, 0) is 0 Å². The van der Waals surface area contributed by atoms with Gasteiger partial charge in [0.2, 0.25) is 0 Å². The molecule has 0 fully saturated rings. The summed E-state index contributed by atoms with van der Waals surface area (Å²) < 4.78 is 17.2. The Hall–Kier alpha value is -7.55. The van der Waals surface area contributed by atoms with Gasteiger partial charge in [-0.05, 0) is 71.8 Å². The van der Waals surface area contributed by atoms with Crippen LogP contribution < -0.4 is 0 Å². The molecule has 8 aromatic carbocycles. The fourth-order valence-corrected chi connectivity index (χ4v) is 8.74. The molecule has 250 valence electrons. The summed E-state index contributed by atoms with van der Waals surface area (Å²) in [7, 11) is 0. The van der Waals surface area contributed by atoms with Crippen molar-refractivity contribution in [2.75, 3.05) is 0 Å². The first-order valence-electron chi connectivity index (χ1n) is 18.1. The van der Waals surface area contributed by atoms with E-state index in [1.54, 1.807) is 0 Å². The first-order valence-corrected chi connectivity index (χ1v) is 18.1. The van der Waals surface area contributed by atoms with Crippen LogP contribution in [0.3, 0.4) is 0 Å². The molecule has 4 aromatic heterocycles. The summed E-state index contributed by atoms with van der Waals surface area (Å²) in [5.74, 6) is 0. The van der Waals surface area contributed by atoms with E-state index in [-0.39, 0.29) is 0 Å². The predicted octanol–water partition coefficient (Wildman–Crippen LogP) is 13.2. The van der Waals surface area contributed by atoms with Gasteiger partial charge >= 0.3 is 0 Å². The third-order valence-electron chi connectivity index (χ3n) is 11.2. The quantitative estimate of drug-likeness (QED) is 0.185. The van der Waals surface area contributed by atoms with Crippen molar-refractivity contribution in [3.63, 3.8) is 0 Å². The molecule has 0 radical (unpaired) electrons. The summed E-state index contributed by atoms with van der Waals surface area (Å²) in [6, 6.07) is 59.4. The van der Waals surface area contributed by atoms with Crippen molar-refractivity contribution in [3.8, 4) is 28.6 Å². The Morgan fingerprint density at radius 3 is 1.41 bits per heavy atom. The number of rotatable bonds is 3. The van der Waals surface area contributed by atoms with Crippen LogP contribution in [0.25, 0.3) is 110 Å². The molecule has 0 aliphatic carbocycles. The molecule has 5 nitrogen and oxygen atoms in total. The highest BCUT2D eigenvalue weighted by molar-refractivity contribution is 6.18. The molecule has 12 aromatic rings. The molecule has 54 heavy (non-hydrogen) atoms. The second-order valence-corrected chi connectivity index (χ2v) is 14.0. The lowest BCUT2D eigenvalue weighted by Gasteiger charge is -2.12. The molecule has 0 saturated carbocycles. The van der Waals surface area contributed by atoms with Crippen LogP contribution in [0.1, 0.15) is 5.56 Å². The number of benzene rings is 8. The maximum Gasteiger partial charge on any atom is 0.137 e. The maximum absolute atomic E-state index is 10.5. The zero-order valence-electron chi connectivity index (χ0n) is 28.7. The lowest BCUT2D eigenvalue weighted by molar-refractivity contribution is 0.669. The van der Waals surface area contributed by atoms with Gasteiger partial charge in [0, 0.05) is 66.6 Å². The summed E-state index contributed by atoms with van der Waals surface area (Å²) in [4.78, 5) is 0. The number of hydrogen-bond donors (Lipinski definition) is 0. The van der Waals surface area contributed by atoms with Crippen molar-refractivity contribution in [3.05, 3.63) is 169 Å². The number of nitriles is 1. The van der Waals surface area contributed by atoms with E-state index in [0.29, 0.717) is 5.56 Å². The Bertz CT molecular complexity index is 3570. The van der Waals surface area contributed by atoms with Crippen LogP contribution >= 0.6 is 0 Å². The zero-order valence-corrected chi connectivity index (χ0v) is 28.7. The van der Waals surface area contributed by atoms with E-state index in [1.165, 1.54) is 10.8 Å². The third kappa shape index (κ3) is 3.97. The fraction of sp³-hybridized carbons (Fsp3) is 0. The van der Waals surface area contributed by atoms with Gasteiger partial charge in [-0.2, -0.15) is 5.26 Å². The van der Waals surface area contributed by atoms with Crippen molar-refractivity contribution in [1.82, 2.24) is 9.13 Å². The molecule has 0 spiro atoms. The SMILES string of the molecule is N#Cc1cc(-n2c3ccccc3c3cc4c(cc32)oc2ccccc24)ccc1-c1ccc(-n2c3ccccc3c3cc4c(cc32)oc2ccccc24)cc1. The summed E-state index contributed by atoms with van der Waals surface area (Å²) >= 11 is 0. The Morgan fingerprint density at radius 1 is 0.370 bits per heavy atom. The van der Waals surface area contributed by atoms with Crippen LogP contribution in [0.5, 0.6) is 0 Å². The van der Waals surface area contributed by atoms with Gasteiger partial charge in [0.05, 0.1) is 33.7 Å². The Balaban J connectivity index is 0.989. The van der Waals surface area contributed by atoms with E-state index in [9.17, 15) is 5.26 Å². The summed E-state index contributed by atoms with van der Waals surface area (Å²) in [5, 5.41) is 19.7. The van der Waals surface area contributed by atoms with Gasteiger partial charge in [-0.25, -0.2) is 0 Å². The van der Waals surface area contributed by atoms with E-state index < -0.39 is 0 Å². The third-order valence-corrected chi connectivity index (χ3v) is 11.2. The fourth-order valence-electron chi connectivity index (χ4n) is 8.74. The zero-order chi connectivity index (χ0) is 35.5. The van der Waals surface area contributed by atoms with E-state index >= 15 is 0 Å². The van der Waals surface area contributed by atoms with Gasteiger partial charge in [0.15, 0.2) is 0 Å². The molecule has 4 heterocycles. The summed E-state index contributed by atoms with van der Waals surface area (Å²) in [5.41, 5.74) is 12.3. The average molecular weight is 690 g/mol. The maximum atomic E-state index is 10.5. The van der Waals surface area contributed by atoms with Crippen LogP contribution in [0.15, 0.2) is 173 Å². The van der Waals surface area contributed by atoms with Crippen LogP contribution in [0.4, 0.5) is 0 Å². The number of furan rings is 2. The number of para-hydroxylation sites is 4. The van der Waals surface area contributed by atoms with Crippen LogP contribution in [0.2, 0.25) is 0 Å². The number of fused-ring (bicyclic) bond motifs is 12. The normalized spacial score (nSPS) is 12.1. The highest BCUT2D eigenvalue weighted by Gasteiger charge is 2.19. The van der Waals surface area contributed by atoms with Crippen LogP contribution in [-0.4, -0.2) is 9.13 Å². The lowest BCUT2D eigenvalue weighted by Crippen LogP contribution is -1.97. The van der Waals surface area contributed by atoms with Crippen molar-refractivity contribution < 1.29 is 8.83 Å². The van der Waals surface area contributed by atoms with Gasteiger partial charge in [0.1, 0.15) is 22.3 Å². The van der Waals surface area contributed by atoms with Gasteiger partial charge in [0.25, 0.3) is 0 Å². The van der Waals surface area contributed by atoms with E-state index in [1.807, 2.05) is 36.4 Å². The van der Waals surface area contributed by atoms with Gasteiger partial charge < -0.3 is 18.0 Å². The molecular formula is C49H27N3O2. The minimum absolute atomic E-state index is 0.611. The van der Waals surface area contributed by atoms with Crippen molar-refractivity contribution >= 4 is 87.5 Å². The lowest BCUT2D eigenvalue weighted by atomic mass is 9.99. The first kappa shape index (κ1) is 29.1. The predicted molar refractivity (Wildman–Crippen MR) is 220 cm³/mol. The minimum Gasteiger partial charge on any atom is -0.456 e. The number of hydrogen-bond acceptors (Lipinski definition) is 3. The Kier molecular flexibility index (Phi) is 5.78. The highest BCUT2D eigenvalue weighted by atomic mass is 16.3. The second kappa shape index (κ2) is 10.7. The second-order valence-electron chi connectivity index (χ2n) is 14.0. The van der Waals surface area contributed by atoms with Gasteiger partial charge in [-0.3, -0.25) is 0 Å². The molecule has 0 N–H and O–H groups in total.